The van der Waals surface area contributed by atoms with Gasteiger partial charge in [0.1, 0.15) is 9.23 Å². The lowest BCUT2D eigenvalue weighted by Crippen LogP contribution is -2.59. The molecule has 2 saturated heterocycles. The van der Waals surface area contributed by atoms with Crippen LogP contribution in [0, 0.1) is 0 Å². The molecule has 1 aromatic heterocycles. The van der Waals surface area contributed by atoms with Crippen molar-refractivity contribution >= 4 is 44.6 Å². The van der Waals surface area contributed by atoms with Crippen LogP contribution in [-0.4, -0.2) is 51.2 Å². The minimum absolute atomic E-state index is 0.0716. The van der Waals surface area contributed by atoms with Crippen LogP contribution in [0.3, 0.4) is 0 Å². The van der Waals surface area contributed by atoms with Gasteiger partial charge in [-0.25, -0.2) is 8.42 Å². The normalized spacial score (nSPS) is 28.3. The summed E-state index contributed by atoms with van der Waals surface area (Å²) in [5.41, 5.74) is -0.616. The SMILES string of the molecule is O=S(=O)(c1cc(Cl)sc1Cl)N1CCOCC12CCOC2. The molecule has 1 spiro atoms. The molecule has 3 heterocycles. The first-order valence-electron chi connectivity index (χ1n) is 6.09. The van der Waals surface area contributed by atoms with E-state index in [0.717, 1.165) is 11.3 Å². The highest BCUT2D eigenvalue weighted by Gasteiger charge is 2.49. The summed E-state index contributed by atoms with van der Waals surface area (Å²) in [6.07, 6.45) is 0.627. The van der Waals surface area contributed by atoms with Crippen LogP contribution in [0.25, 0.3) is 0 Å². The third-order valence-corrected chi connectivity index (χ3v) is 7.37. The molecule has 0 aliphatic carbocycles. The van der Waals surface area contributed by atoms with Gasteiger partial charge in [-0.15, -0.1) is 11.3 Å². The number of thiophene rings is 1. The van der Waals surface area contributed by atoms with Gasteiger partial charge in [0.2, 0.25) is 10.0 Å². The Kier molecular flexibility index (Phi) is 4.05. The van der Waals surface area contributed by atoms with Crippen LogP contribution < -0.4 is 0 Å². The minimum Gasteiger partial charge on any atom is -0.379 e. The van der Waals surface area contributed by atoms with Crippen LogP contribution in [-0.2, 0) is 19.5 Å². The zero-order valence-corrected chi connectivity index (χ0v) is 13.6. The predicted molar refractivity (Wildman–Crippen MR) is 77.2 cm³/mol. The maximum Gasteiger partial charge on any atom is 0.246 e. The summed E-state index contributed by atoms with van der Waals surface area (Å²) < 4.78 is 38.6. The summed E-state index contributed by atoms with van der Waals surface area (Å²) in [7, 11) is -3.70. The van der Waals surface area contributed by atoms with E-state index >= 15 is 0 Å². The molecule has 20 heavy (non-hydrogen) atoms. The quantitative estimate of drug-likeness (QED) is 0.814. The number of morpholine rings is 1. The summed E-state index contributed by atoms with van der Waals surface area (Å²) >= 11 is 12.9. The number of hydrogen-bond acceptors (Lipinski definition) is 5. The molecule has 2 fully saturated rings. The van der Waals surface area contributed by atoms with Crippen molar-refractivity contribution in [2.24, 2.45) is 0 Å². The molecule has 0 N–H and O–H groups in total. The largest absolute Gasteiger partial charge is 0.379 e. The average molecular weight is 358 g/mol. The lowest BCUT2D eigenvalue weighted by Gasteiger charge is -2.42. The molecule has 0 amide bonds. The Hall–Kier alpha value is 0.110. The molecule has 1 aromatic rings. The van der Waals surface area contributed by atoms with E-state index in [-0.39, 0.29) is 9.23 Å². The highest BCUT2D eigenvalue weighted by atomic mass is 35.5. The number of hydrogen-bond donors (Lipinski definition) is 0. The second-order valence-electron chi connectivity index (χ2n) is 4.85. The zero-order valence-electron chi connectivity index (χ0n) is 10.5. The Labute approximate surface area is 131 Å². The van der Waals surface area contributed by atoms with Gasteiger partial charge in [0, 0.05) is 13.2 Å². The molecule has 3 rings (SSSR count). The Morgan fingerprint density at radius 3 is 2.50 bits per heavy atom. The van der Waals surface area contributed by atoms with Crippen molar-refractivity contribution in [3.8, 4) is 0 Å². The van der Waals surface area contributed by atoms with E-state index in [2.05, 4.69) is 0 Å². The van der Waals surface area contributed by atoms with Gasteiger partial charge in [0.25, 0.3) is 0 Å². The molecule has 1 atom stereocenters. The van der Waals surface area contributed by atoms with E-state index in [0.29, 0.717) is 43.7 Å². The lowest BCUT2D eigenvalue weighted by molar-refractivity contribution is -0.0293. The Balaban J connectivity index is 2.03. The number of rotatable bonds is 2. The van der Waals surface area contributed by atoms with Crippen molar-refractivity contribution in [2.75, 3.05) is 33.0 Å². The third kappa shape index (κ3) is 2.39. The topological polar surface area (TPSA) is 55.8 Å². The molecular weight excluding hydrogens is 345 g/mol. The Bertz CT molecular complexity index is 610. The van der Waals surface area contributed by atoms with Crippen molar-refractivity contribution in [1.29, 1.82) is 0 Å². The molecule has 112 valence electrons. The maximum absolute atomic E-state index is 12.9. The fourth-order valence-corrected chi connectivity index (χ4v) is 6.49. The molecular formula is C11H13Cl2NO4S2. The highest BCUT2D eigenvalue weighted by molar-refractivity contribution is 7.89. The van der Waals surface area contributed by atoms with Crippen LogP contribution in [0.15, 0.2) is 11.0 Å². The van der Waals surface area contributed by atoms with Crippen molar-refractivity contribution < 1.29 is 17.9 Å². The molecule has 5 nitrogen and oxygen atoms in total. The molecule has 1 unspecified atom stereocenters. The summed E-state index contributed by atoms with van der Waals surface area (Å²) in [6, 6.07) is 1.41. The molecule has 9 heteroatoms. The van der Waals surface area contributed by atoms with Gasteiger partial charge >= 0.3 is 0 Å². The molecule has 0 aromatic carbocycles. The van der Waals surface area contributed by atoms with Crippen molar-refractivity contribution in [1.82, 2.24) is 4.31 Å². The first-order valence-corrected chi connectivity index (χ1v) is 9.10. The second-order valence-corrected chi connectivity index (χ2v) is 8.96. The smallest absolute Gasteiger partial charge is 0.246 e. The fourth-order valence-electron chi connectivity index (χ4n) is 2.62. The van der Waals surface area contributed by atoms with E-state index < -0.39 is 15.6 Å². The number of nitrogens with zero attached hydrogens (tertiary/aromatic N) is 1. The summed E-state index contributed by atoms with van der Waals surface area (Å²) in [5.74, 6) is 0. The van der Waals surface area contributed by atoms with Crippen molar-refractivity contribution in [3.63, 3.8) is 0 Å². The number of halogens is 2. The third-order valence-electron chi connectivity index (χ3n) is 3.61. The van der Waals surface area contributed by atoms with Gasteiger partial charge < -0.3 is 9.47 Å². The Morgan fingerprint density at radius 2 is 1.95 bits per heavy atom. The van der Waals surface area contributed by atoms with Crippen LogP contribution >= 0.6 is 34.5 Å². The van der Waals surface area contributed by atoms with Gasteiger partial charge in [0.15, 0.2) is 0 Å². The minimum atomic E-state index is -3.70. The van der Waals surface area contributed by atoms with E-state index in [1.165, 1.54) is 10.4 Å². The van der Waals surface area contributed by atoms with Crippen LogP contribution in [0.4, 0.5) is 0 Å². The molecule has 0 saturated carbocycles. The van der Waals surface area contributed by atoms with Crippen molar-refractivity contribution in [3.05, 3.63) is 14.7 Å². The molecule has 0 radical (unpaired) electrons. The van der Waals surface area contributed by atoms with E-state index in [1.54, 1.807) is 0 Å². The molecule has 0 bridgehead atoms. The van der Waals surface area contributed by atoms with Gasteiger partial charge in [-0.05, 0) is 12.5 Å². The maximum atomic E-state index is 12.9. The van der Waals surface area contributed by atoms with Gasteiger partial charge in [0.05, 0.1) is 29.7 Å². The zero-order chi connectivity index (χ0) is 14.4. The van der Waals surface area contributed by atoms with E-state index in [9.17, 15) is 8.42 Å². The van der Waals surface area contributed by atoms with Crippen molar-refractivity contribution in [2.45, 2.75) is 16.9 Å². The van der Waals surface area contributed by atoms with Gasteiger partial charge in [-0.3, -0.25) is 0 Å². The van der Waals surface area contributed by atoms with Gasteiger partial charge in [-0.1, -0.05) is 23.2 Å². The summed E-state index contributed by atoms with van der Waals surface area (Å²) in [5, 5.41) is 0. The number of sulfonamides is 1. The standard InChI is InChI=1S/C11H13Cl2NO4S2/c12-9-5-8(10(13)19-9)20(15,16)14-2-4-18-7-11(14)1-3-17-6-11/h5H,1-4,6-7H2. The first kappa shape index (κ1) is 15.0. The predicted octanol–water partition coefficient (Wildman–Crippen LogP) is 2.23. The van der Waals surface area contributed by atoms with E-state index in [1.807, 2.05) is 0 Å². The monoisotopic (exact) mass is 357 g/mol. The highest BCUT2D eigenvalue weighted by Crippen LogP contribution is 2.40. The summed E-state index contributed by atoms with van der Waals surface area (Å²) in [6.45, 7) is 1.91. The fraction of sp³-hybridized carbons (Fsp3) is 0.636. The summed E-state index contributed by atoms with van der Waals surface area (Å²) in [4.78, 5) is 0.0716. The van der Waals surface area contributed by atoms with Crippen LogP contribution in [0.1, 0.15) is 6.42 Å². The average Bonchev–Trinajstić information content (AvgIpc) is 2.97. The van der Waals surface area contributed by atoms with E-state index in [4.69, 9.17) is 32.7 Å². The molecule has 2 aliphatic rings. The molecule has 2 aliphatic heterocycles. The lowest BCUT2D eigenvalue weighted by atomic mass is 9.99. The van der Waals surface area contributed by atoms with Crippen LogP contribution in [0.5, 0.6) is 0 Å². The number of ether oxygens (including phenoxy) is 2. The second kappa shape index (κ2) is 5.39. The Morgan fingerprint density at radius 1 is 1.25 bits per heavy atom. The van der Waals surface area contributed by atoms with Gasteiger partial charge in [-0.2, -0.15) is 4.31 Å². The van der Waals surface area contributed by atoms with Crippen LogP contribution in [0.2, 0.25) is 8.67 Å². The first-order chi connectivity index (χ1) is 9.46.